The fraction of sp³-hybridized carbons (Fsp3) is 0.320. The van der Waals surface area contributed by atoms with Crippen molar-refractivity contribution in [2.24, 2.45) is 0 Å². The number of hydrogen-bond donors (Lipinski definition) is 1. The number of pyridine rings is 1. The molecule has 6 nitrogen and oxygen atoms in total. The van der Waals surface area contributed by atoms with E-state index in [2.05, 4.69) is 37.4 Å². The van der Waals surface area contributed by atoms with Crippen molar-refractivity contribution >= 4 is 27.4 Å². The fourth-order valence-electron chi connectivity index (χ4n) is 4.31. The maximum absolute atomic E-state index is 9.15. The van der Waals surface area contributed by atoms with Gasteiger partial charge in [-0.3, -0.25) is 9.88 Å². The largest absolute Gasteiger partial charge is 0.361 e. The Morgan fingerprint density at radius 1 is 1.06 bits per heavy atom. The Morgan fingerprint density at radius 2 is 1.97 bits per heavy atom. The highest BCUT2D eigenvalue weighted by Gasteiger charge is 2.19. The van der Waals surface area contributed by atoms with Gasteiger partial charge in [0.1, 0.15) is 5.69 Å². The molecule has 0 bridgehead atoms. The summed E-state index contributed by atoms with van der Waals surface area (Å²) in [5.41, 5.74) is 5.06. The molecule has 4 aromatic rings. The zero-order valence-corrected chi connectivity index (χ0v) is 18.8. The van der Waals surface area contributed by atoms with E-state index in [-0.39, 0.29) is 0 Å². The van der Waals surface area contributed by atoms with E-state index in [0.717, 1.165) is 73.2 Å². The van der Waals surface area contributed by atoms with Crippen molar-refractivity contribution in [3.8, 4) is 17.5 Å². The highest BCUT2D eigenvalue weighted by Crippen LogP contribution is 2.27. The normalized spacial score (nSPS) is 14.7. The molecule has 1 N–H and O–H groups in total. The molecule has 0 unspecified atom stereocenters. The van der Waals surface area contributed by atoms with Gasteiger partial charge in [0.15, 0.2) is 5.13 Å². The van der Waals surface area contributed by atoms with Gasteiger partial charge in [-0.25, -0.2) is 4.98 Å². The fourth-order valence-corrected chi connectivity index (χ4v) is 5.18. The van der Waals surface area contributed by atoms with Crippen LogP contribution < -0.4 is 4.90 Å². The minimum absolute atomic E-state index is 0.726. The number of unbranched alkanes of at least 4 members (excludes halogenated alkanes) is 1. The number of fused-ring (bicyclic) bond motifs is 1. The van der Waals surface area contributed by atoms with E-state index in [0.29, 0.717) is 0 Å². The summed E-state index contributed by atoms with van der Waals surface area (Å²) in [5.74, 6) is 0. The standard InChI is InChI=1S/C25H26N6S/c26-16-19-7-8-22-21(15-19)20(17-28-22)5-2-4-10-30-11-13-31(14-12-30)25-29-24(18-32-25)23-6-1-3-9-27-23/h1,3,6-9,15,17-18,28H,2,4-5,10-14H2. The number of anilines is 1. The van der Waals surface area contributed by atoms with Gasteiger partial charge in [-0.1, -0.05) is 6.07 Å². The van der Waals surface area contributed by atoms with Gasteiger partial charge in [0.05, 0.1) is 17.3 Å². The number of thiazole rings is 1. The third kappa shape index (κ3) is 4.52. The number of hydrogen-bond acceptors (Lipinski definition) is 6. The van der Waals surface area contributed by atoms with Crippen molar-refractivity contribution in [3.05, 3.63) is 65.3 Å². The number of rotatable bonds is 7. The number of benzene rings is 1. The lowest BCUT2D eigenvalue weighted by atomic mass is 10.1. The van der Waals surface area contributed by atoms with Crippen molar-refractivity contribution in [1.82, 2.24) is 19.9 Å². The first-order valence-corrected chi connectivity index (χ1v) is 12.0. The van der Waals surface area contributed by atoms with Crippen molar-refractivity contribution in [2.45, 2.75) is 19.3 Å². The van der Waals surface area contributed by atoms with Crippen LogP contribution in [-0.2, 0) is 6.42 Å². The van der Waals surface area contributed by atoms with Crippen LogP contribution >= 0.6 is 11.3 Å². The molecule has 0 saturated carbocycles. The molecule has 1 aromatic carbocycles. The van der Waals surface area contributed by atoms with Gasteiger partial charge >= 0.3 is 0 Å². The van der Waals surface area contributed by atoms with Crippen LogP contribution in [0, 0.1) is 11.3 Å². The first kappa shape index (κ1) is 20.7. The summed E-state index contributed by atoms with van der Waals surface area (Å²) in [5, 5.41) is 13.5. The Labute approximate surface area is 192 Å². The maximum atomic E-state index is 9.15. The number of aromatic nitrogens is 3. The molecule has 1 aliphatic heterocycles. The monoisotopic (exact) mass is 442 g/mol. The summed E-state index contributed by atoms with van der Waals surface area (Å²) in [6.07, 6.45) is 7.30. The molecule has 1 aliphatic rings. The SMILES string of the molecule is N#Cc1ccc2[nH]cc(CCCCN3CCN(c4nc(-c5ccccn5)cs4)CC3)c2c1. The van der Waals surface area contributed by atoms with E-state index in [9.17, 15) is 0 Å². The number of nitriles is 1. The lowest BCUT2D eigenvalue weighted by molar-refractivity contribution is 0.253. The average molecular weight is 443 g/mol. The number of nitrogens with one attached hydrogen (secondary N) is 1. The van der Waals surface area contributed by atoms with E-state index in [1.54, 1.807) is 11.3 Å². The van der Waals surface area contributed by atoms with Crippen LogP contribution in [0.2, 0.25) is 0 Å². The smallest absolute Gasteiger partial charge is 0.186 e. The summed E-state index contributed by atoms with van der Waals surface area (Å²) in [4.78, 5) is 17.5. The molecule has 7 heteroatoms. The molecule has 0 spiro atoms. The van der Waals surface area contributed by atoms with Crippen molar-refractivity contribution in [1.29, 1.82) is 5.26 Å². The summed E-state index contributed by atoms with van der Waals surface area (Å²) >= 11 is 1.71. The van der Waals surface area contributed by atoms with Gasteiger partial charge in [0.25, 0.3) is 0 Å². The van der Waals surface area contributed by atoms with Gasteiger partial charge in [-0.2, -0.15) is 5.26 Å². The minimum Gasteiger partial charge on any atom is -0.361 e. The third-order valence-electron chi connectivity index (χ3n) is 6.13. The Hall–Kier alpha value is -3.21. The number of aryl methyl sites for hydroxylation is 1. The molecule has 0 radical (unpaired) electrons. The Bertz CT molecular complexity index is 1210. The van der Waals surface area contributed by atoms with Crippen LogP contribution in [0.15, 0.2) is 54.2 Å². The summed E-state index contributed by atoms with van der Waals surface area (Å²) in [6.45, 7) is 5.34. The first-order valence-electron chi connectivity index (χ1n) is 11.1. The van der Waals surface area contributed by atoms with Gasteiger partial charge < -0.3 is 9.88 Å². The number of H-pyrrole nitrogens is 1. The lowest BCUT2D eigenvalue weighted by Crippen LogP contribution is -2.46. The maximum Gasteiger partial charge on any atom is 0.186 e. The van der Waals surface area contributed by atoms with Gasteiger partial charge in [0, 0.05) is 54.9 Å². The molecule has 32 heavy (non-hydrogen) atoms. The Morgan fingerprint density at radius 3 is 2.78 bits per heavy atom. The molecular weight excluding hydrogens is 416 g/mol. The van der Waals surface area contributed by atoms with Crippen LogP contribution in [0.25, 0.3) is 22.3 Å². The zero-order chi connectivity index (χ0) is 21.8. The van der Waals surface area contributed by atoms with E-state index in [4.69, 9.17) is 10.2 Å². The molecule has 0 aliphatic carbocycles. The molecule has 162 valence electrons. The van der Waals surface area contributed by atoms with Crippen LogP contribution in [0.4, 0.5) is 5.13 Å². The van der Waals surface area contributed by atoms with Crippen molar-refractivity contribution < 1.29 is 0 Å². The van der Waals surface area contributed by atoms with Gasteiger partial charge in [0.2, 0.25) is 0 Å². The summed E-state index contributed by atoms with van der Waals surface area (Å²) in [6, 6.07) is 14.0. The topological polar surface area (TPSA) is 71.8 Å². The van der Waals surface area contributed by atoms with E-state index in [1.165, 1.54) is 17.4 Å². The second-order valence-corrected chi connectivity index (χ2v) is 9.04. The van der Waals surface area contributed by atoms with Crippen LogP contribution in [0.1, 0.15) is 24.0 Å². The zero-order valence-electron chi connectivity index (χ0n) is 18.0. The molecular formula is C25H26N6S. The molecule has 0 atom stereocenters. The van der Waals surface area contributed by atoms with E-state index < -0.39 is 0 Å². The molecule has 4 heterocycles. The lowest BCUT2D eigenvalue weighted by Gasteiger charge is -2.34. The van der Waals surface area contributed by atoms with Gasteiger partial charge in [-0.05, 0) is 61.7 Å². The van der Waals surface area contributed by atoms with Crippen LogP contribution in [0.3, 0.4) is 0 Å². The second kappa shape index (κ2) is 9.51. The highest BCUT2D eigenvalue weighted by molar-refractivity contribution is 7.14. The predicted molar refractivity (Wildman–Crippen MR) is 130 cm³/mol. The summed E-state index contributed by atoms with van der Waals surface area (Å²) < 4.78 is 0. The predicted octanol–water partition coefficient (Wildman–Crippen LogP) is 4.70. The minimum atomic E-state index is 0.726. The highest BCUT2D eigenvalue weighted by atomic mass is 32.1. The number of piperazine rings is 1. The quantitative estimate of drug-likeness (QED) is 0.420. The number of nitrogens with zero attached hydrogens (tertiary/aromatic N) is 5. The molecule has 0 amide bonds. The van der Waals surface area contributed by atoms with Gasteiger partial charge in [-0.15, -0.1) is 11.3 Å². The average Bonchev–Trinajstić information content (AvgIpc) is 3.50. The van der Waals surface area contributed by atoms with E-state index in [1.807, 2.05) is 42.6 Å². The molecule has 5 rings (SSSR count). The molecule has 1 fully saturated rings. The Kier molecular flexibility index (Phi) is 6.15. The second-order valence-electron chi connectivity index (χ2n) is 8.20. The molecule has 1 saturated heterocycles. The number of aromatic amines is 1. The van der Waals surface area contributed by atoms with Crippen LogP contribution in [0.5, 0.6) is 0 Å². The first-order chi connectivity index (χ1) is 15.8. The van der Waals surface area contributed by atoms with Crippen molar-refractivity contribution in [2.75, 3.05) is 37.6 Å². The van der Waals surface area contributed by atoms with Crippen molar-refractivity contribution in [3.63, 3.8) is 0 Å². The van der Waals surface area contributed by atoms with Crippen LogP contribution in [-0.4, -0.2) is 52.6 Å². The third-order valence-corrected chi connectivity index (χ3v) is 7.03. The Balaban J connectivity index is 1.08. The summed E-state index contributed by atoms with van der Waals surface area (Å²) in [7, 11) is 0. The molecule has 3 aromatic heterocycles. The van der Waals surface area contributed by atoms with E-state index >= 15 is 0 Å².